The van der Waals surface area contributed by atoms with Crippen LogP contribution >= 0.6 is 50.1 Å². The van der Waals surface area contributed by atoms with Gasteiger partial charge in [-0.15, -0.1) is 0 Å². The zero-order chi connectivity index (χ0) is 23.4. The number of ether oxygens (including phenoxy) is 3. The molecule has 3 aromatic carbocycles. The van der Waals surface area contributed by atoms with Gasteiger partial charge in [-0.3, -0.25) is 0 Å². The number of nitrogens with zero attached hydrogens (tertiary/aromatic N) is 1. The molecule has 3 aromatic rings. The minimum Gasteiger partial charge on any atom is -0.490 e. The van der Waals surface area contributed by atoms with Crippen LogP contribution in [0.1, 0.15) is 23.6 Å². The molecule has 4 rings (SSSR count). The van der Waals surface area contributed by atoms with E-state index in [1.54, 1.807) is 30.3 Å². The topological polar surface area (TPSA) is 57.1 Å². The fourth-order valence-corrected chi connectivity index (χ4v) is 4.49. The van der Waals surface area contributed by atoms with Crippen molar-refractivity contribution in [3.8, 4) is 11.5 Å². The highest BCUT2D eigenvalue weighted by Crippen LogP contribution is 2.38. The maximum absolute atomic E-state index is 12.4. The summed E-state index contributed by atoms with van der Waals surface area (Å²) in [5.41, 5.74) is 2.52. The van der Waals surface area contributed by atoms with Crippen molar-refractivity contribution in [1.82, 2.24) is 0 Å². The number of benzene rings is 3. The van der Waals surface area contributed by atoms with Gasteiger partial charge in [0, 0.05) is 9.13 Å². The number of halogens is 3. The van der Waals surface area contributed by atoms with Crippen molar-refractivity contribution in [1.29, 1.82) is 0 Å². The van der Waals surface area contributed by atoms with Crippen molar-refractivity contribution < 1.29 is 19.0 Å². The maximum Gasteiger partial charge on any atom is 0.363 e. The predicted molar refractivity (Wildman–Crippen MR) is 141 cm³/mol. The standard InChI is InChI=1S/C25H18BrClINO4/c1-2-31-22-13-15(11-18(26)23(22)32-14-16-7-3-6-10-20(16)28)12-21-25(30)33-24(29-21)17-8-4-5-9-19(17)27/h3-13H,2,14H2,1H3/b21-12-. The number of aliphatic imine (C=N–C) groups is 1. The third-order valence-corrected chi connectivity index (χ3v) is 6.66. The number of hydrogen-bond donors (Lipinski definition) is 0. The van der Waals surface area contributed by atoms with E-state index in [0.29, 0.717) is 45.3 Å². The average Bonchev–Trinajstić information content (AvgIpc) is 3.14. The smallest absolute Gasteiger partial charge is 0.363 e. The van der Waals surface area contributed by atoms with Crippen LogP contribution in [0.15, 0.2) is 75.8 Å². The second-order valence-corrected chi connectivity index (χ2v) is 9.38. The molecule has 0 bridgehead atoms. The predicted octanol–water partition coefficient (Wildman–Crippen LogP) is 7.03. The van der Waals surface area contributed by atoms with E-state index in [0.717, 1.165) is 9.13 Å². The Kier molecular flexibility index (Phi) is 7.72. The van der Waals surface area contributed by atoms with Crippen LogP contribution in [-0.2, 0) is 16.1 Å². The monoisotopic (exact) mass is 637 g/mol. The lowest BCUT2D eigenvalue weighted by Crippen LogP contribution is -2.05. The van der Waals surface area contributed by atoms with E-state index in [1.165, 1.54) is 0 Å². The zero-order valence-corrected chi connectivity index (χ0v) is 22.0. The summed E-state index contributed by atoms with van der Waals surface area (Å²) in [5.74, 6) is 0.788. The fourth-order valence-electron chi connectivity index (χ4n) is 3.16. The first-order valence-electron chi connectivity index (χ1n) is 10.1. The minimum absolute atomic E-state index is 0.173. The van der Waals surface area contributed by atoms with E-state index in [1.807, 2.05) is 43.3 Å². The molecule has 1 heterocycles. The van der Waals surface area contributed by atoms with Crippen LogP contribution in [0.3, 0.4) is 0 Å². The van der Waals surface area contributed by atoms with Gasteiger partial charge in [0.05, 0.1) is 21.7 Å². The number of esters is 1. The highest BCUT2D eigenvalue weighted by Gasteiger charge is 2.26. The van der Waals surface area contributed by atoms with Crippen molar-refractivity contribution in [3.05, 3.63) is 96.1 Å². The van der Waals surface area contributed by atoms with Crippen LogP contribution in [0.2, 0.25) is 5.02 Å². The summed E-state index contributed by atoms with van der Waals surface area (Å²) in [6.07, 6.45) is 1.64. The van der Waals surface area contributed by atoms with Crippen molar-refractivity contribution in [2.75, 3.05) is 6.61 Å². The Morgan fingerprint density at radius 3 is 2.64 bits per heavy atom. The average molecular weight is 639 g/mol. The molecule has 8 heteroatoms. The second-order valence-electron chi connectivity index (χ2n) is 6.96. The van der Waals surface area contributed by atoms with Crippen LogP contribution in [-0.4, -0.2) is 18.5 Å². The van der Waals surface area contributed by atoms with Gasteiger partial charge in [-0.25, -0.2) is 9.79 Å². The Morgan fingerprint density at radius 1 is 1.12 bits per heavy atom. The highest BCUT2D eigenvalue weighted by atomic mass is 127. The molecule has 5 nitrogen and oxygen atoms in total. The molecule has 33 heavy (non-hydrogen) atoms. The number of carbonyl (C=O) groups is 1. The molecule has 0 aliphatic carbocycles. The van der Waals surface area contributed by atoms with E-state index < -0.39 is 5.97 Å². The molecular formula is C25H18BrClINO4. The normalized spacial score (nSPS) is 14.2. The highest BCUT2D eigenvalue weighted by molar-refractivity contribution is 14.1. The first kappa shape index (κ1) is 23.8. The van der Waals surface area contributed by atoms with Crippen LogP contribution in [0.25, 0.3) is 6.08 Å². The lowest BCUT2D eigenvalue weighted by molar-refractivity contribution is -0.129. The summed E-state index contributed by atoms with van der Waals surface area (Å²) in [6.45, 7) is 2.76. The van der Waals surface area contributed by atoms with Gasteiger partial charge in [0.25, 0.3) is 0 Å². The zero-order valence-electron chi connectivity index (χ0n) is 17.5. The second kappa shape index (κ2) is 10.7. The quantitative estimate of drug-likeness (QED) is 0.159. The molecule has 0 N–H and O–H groups in total. The van der Waals surface area contributed by atoms with Gasteiger partial charge in [0.15, 0.2) is 17.2 Å². The van der Waals surface area contributed by atoms with Gasteiger partial charge >= 0.3 is 5.97 Å². The molecule has 0 spiro atoms. The van der Waals surface area contributed by atoms with Gasteiger partial charge in [-0.2, -0.15) is 0 Å². The van der Waals surface area contributed by atoms with Crippen LogP contribution in [0, 0.1) is 3.57 Å². The Morgan fingerprint density at radius 2 is 1.88 bits per heavy atom. The number of carbonyl (C=O) groups excluding carboxylic acids is 1. The Balaban J connectivity index is 1.63. The van der Waals surface area contributed by atoms with Gasteiger partial charge in [-0.05, 0) is 87.4 Å². The molecule has 0 atom stereocenters. The van der Waals surface area contributed by atoms with Crippen LogP contribution in [0.4, 0.5) is 0 Å². The number of rotatable bonds is 7. The van der Waals surface area contributed by atoms with Gasteiger partial charge in [0.1, 0.15) is 6.61 Å². The van der Waals surface area contributed by atoms with Crippen molar-refractivity contribution in [2.24, 2.45) is 4.99 Å². The summed E-state index contributed by atoms with van der Waals surface area (Å²) in [6, 6.07) is 18.8. The van der Waals surface area contributed by atoms with Crippen LogP contribution in [0.5, 0.6) is 11.5 Å². The molecule has 0 amide bonds. The van der Waals surface area contributed by atoms with E-state index >= 15 is 0 Å². The lowest BCUT2D eigenvalue weighted by atomic mass is 10.1. The molecule has 0 saturated carbocycles. The van der Waals surface area contributed by atoms with Crippen molar-refractivity contribution in [2.45, 2.75) is 13.5 Å². The molecule has 0 unspecified atom stereocenters. The molecule has 0 saturated heterocycles. The molecule has 168 valence electrons. The lowest BCUT2D eigenvalue weighted by Gasteiger charge is -2.15. The largest absolute Gasteiger partial charge is 0.490 e. The Bertz CT molecular complexity index is 1280. The molecule has 0 aromatic heterocycles. The first-order valence-corrected chi connectivity index (χ1v) is 12.3. The van der Waals surface area contributed by atoms with Crippen molar-refractivity contribution in [3.63, 3.8) is 0 Å². The van der Waals surface area contributed by atoms with Gasteiger partial charge in [-0.1, -0.05) is 41.9 Å². The summed E-state index contributed by atoms with van der Waals surface area (Å²) in [7, 11) is 0. The maximum atomic E-state index is 12.4. The third-order valence-electron chi connectivity index (χ3n) is 4.69. The summed E-state index contributed by atoms with van der Waals surface area (Å²) in [5, 5.41) is 0.459. The summed E-state index contributed by atoms with van der Waals surface area (Å²) in [4.78, 5) is 16.8. The Labute approximate surface area is 218 Å². The van der Waals surface area contributed by atoms with E-state index in [9.17, 15) is 4.79 Å². The fraction of sp³-hybridized carbons (Fsp3) is 0.120. The number of hydrogen-bond acceptors (Lipinski definition) is 5. The van der Waals surface area contributed by atoms with E-state index in [-0.39, 0.29) is 11.6 Å². The summed E-state index contributed by atoms with van der Waals surface area (Å²) >= 11 is 12.1. The molecule has 1 aliphatic heterocycles. The van der Waals surface area contributed by atoms with Crippen molar-refractivity contribution >= 4 is 68.1 Å². The molecular weight excluding hydrogens is 621 g/mol. The third kappa shape index (κ3) is 5.59. The molecule has 1 aliphatic rings. The summed E-state index contributed by atoms with van der Waals surface area (Å²) < 4.78 is 19.1. The van der Waals surface area contributed by atoms with E-state index in [4.69, 9.17) is 25.8 Å². The minimum atomic E-state index is -0.544. The van der Waals surface area contributed by atoms with Gasteiger partial charge < -0.3 is 14.2 Å². The number of cyclic esters (lactones) is 1. The van der Waals surface area contributed by atoms with Crippen LogP contribution < -0.4 is 9.47 Å². The molecule has 0 fully saturated rings. The van der Waals surface area contributed by atoms with Gasteiger partial charge in [0.2, 0.25) is 5.90 Å². The molecule has 0 radical (unpaired) electrons. The Hall–Kier alpha value is -2.36. The SMILES string of the molecule is CCOc1cc(/C=C2\N=C(c3ccccc3Cl)OC2=O)cc(Br)c1OCc1ccccc1I. The van der Waals surface area contributed by atoms with E-state index in [2.05, 4.69) is 43.5 Å². The first-order chi connectivity index (χ1) is 16.0.